The van der Waals surface area contributed by atoms with Crippen LogP contribution in [0.3, 0.4) is 0 Å². The van der Waals surface area contributed by atoms with Crippen LogP contribution >= 0.6 is 0 Å². The van der Waals surface area contributed by atoms with Crippen molar-refractivity contribution in [2.45, 2.75) is 64.7 Å². The first-order valence-corrected chi connectivity index (χ1v) is 14.8. The van der Waals surface area contributed by atoms with Gasteiger partial charge < -0.3 is 10.2 Å². The standard InChI is InChI=1S/C33H40N4O2/c1-2-3-10-15-36(32(39)33-20-24-16-25(21-33)18-26(17-24)22-33)23-31(38)34-30-19-29(27-11-6-4-7-12-27)35-37(30)28-13-8-5-9-14-28/h4-9,11-14,19,24-26H,2-3,10,15-18,20-23H2,1H3,(H,34,38). The van der Waals surface area contributed by atoms with Gasteiger partial charge in [-0.1, -0.05) is 68.3 Å². The Kier molecular flexibility index (Phi) is 7.28. The minimum absolute atomic E-state index is 0.0882. The SMILES string of the molecule is CCCCCN(CC(=O)Nc1cc(-c2ccccc2)nn1-c1ccccc1)C(=O)C12CC3CC(CC(C3)C1)C2. The second kappa shape index (κ2) is 11.0. The number of para-hydroxylation sites is 1. The second-order valence-corrected chi connectivity index (χ2v) is 12.2. The Labute approximate surface area is 231 Å². The van der Waals surface area contributed by atoms with Crippen LogP contribution in [0.25, 0.3) is 16.9 Å². The Morgan fingerprint density at radius 2 is 1.54 bits per heavy atom. The van der Waals surface area contributed by atoms with Gasteiger partial charge in [-0.15, -0.1) is 0 Å². The van der Waals surface area contributed by atoms with Crippen LogP contribution in [0.2, 0.25) is 0 Å². The molecule has 39 heavy (non-hydrogen) atoms. The first kappa shape index (κ1) is 25.8. The molecule has 0 unspecified atom stereocenters. The van der Waals surface area contributed by atoms with Crippen LogP contribution in [0.4, 0.5) is 5.82 Å². The lowest BCUT2D eigenvalue weighted by molar-refractivity contribution is -0.158. The molecule has 0 atom stereocenters. The highest BCUT2D eigenvalue weighted by Gasteiger charge is 2.55. The predicted molar refractivity (Wildman–Crippen MR) is 154 cm³/mol. The summed E-state index contributed by atoms with van der Waals surface area (Å²) in [6.45, 7) is 2.91. The van der Waals surface area contributed by atoms with E-state index in [1.54, 1.807) is 4.68 Å². The number of carbonyl (C=O) groups is 2. The fourth-order valence-electron chi connectivity index (χ4n) is 7.85. The Morgan fingerprint density at radius 3 is 2.15 bits per heavy atom. The van der Waals surface area contributed by atoms with Crippen molar-refractivity contribution < 1.29 is 9.59 Å². The zero-order chi connectivity index (χ0) is 26.8. The molecule has 7 rings (SSSR count). The summed E-state index contributed by atoms with van der Waals surface area (Å²) in [6, 6.07) is 21.7. The van der Waals surface area contributed by atoms with Crippen molar-refractivity contribution in [3.05, 3.63) is 66.7 Å². The zero-order valence-corrected chi connectivity index (χ0v) is 23.0. The Morgan fingerprint density at radius 1 is 0.923 bits per heavy atom. The maximum atomic E-state index is 14.2. The summed E-state index contributed by atoms with van der Waals surface area (Å²) >= 11 is 0. The monoisotopic (exact) mass is 524 g/mol. The predicted octanol–water partition coefficient (Wildman–Crippen LogP) is 6.71. The summed E-state index contributed by atoms with van der Waals surface area (Å²) in [4.78, 5) is 29.6. The van der Waals surface area contributed by atoms with Crippen molar-refractivity contribution >= 4 is 17.6 Å². The molecule has 6 nitrogen and oxygen atoms in total. The quantitative estimate of drug-likeness (QED) is 0.300. The summed E-state index contributed by atoms with van der Waals surface area (Å²) in [5.74, 6) is 2.77. The fraction of sp³-hybridized carbons (Fsp3) is 0.485. The summed E-state index contributed by atoms with van der Waals surface area (Å²) in [7, 11) is 0. The van der Waals surface area contributed by atoms with Crippen molar-refractivity contribution in [1.29, 1.82) is 0 Å². The molecular weight excluding hydrogens is 484 g/mol. The van der Waals surface area contributed by atoms with Gasteiger partial charge >= 0.3 is 0 Å². The third-order valence-corrected chi connectivity index (χ3v) is 9.19. The van der Waals surface area contributed by atoms with E-state index in [2.05, 4.69) is 12.2 Å². The van der Waals surface area contributed by atoms with E-state index in [9.17, 15) is 9.59 Å². The van der Waals surface area contributed by atoms with E-state index < -0.39 is 0 Å². The van der Waals surface area contributed by atoms with E-state index in [-0.39, 0.29) is 23.8 Å². The van der Waals surface area contributed by atoms with Gasteiger partial charge in [0.15, 0.2) is 0 Å². The van der Waals surface area contributed by atoms with Crippen LogP contribution < -0.4 is 5.32 Å². The highest BCUT2D eigenvalue weighted by molar-refractivity contribution is 5.95. The lowest BCUT2D eigenvalue weighted by Gasteiger charge is -2.56. The molecule has 4 saturated carbocycles. The summed E-state index contributed by atoms with van der Waals surface area (Å²) in [6.07, 6.45) is 10.0. The molecule has 2 aromatic carbocycles. The Bertz CT molecular complexity index is 1260. The number of aromatic nitrogens is 2. The van der Waals surface area contributed by atoms with Gasteiger partial charge in [0, 0.05) is 18.2 Å². The lowest BCUT2D eigenvalue weighted by Crippen LogP contribution is -2.55. The number of rotatable bonds is 10. The van der Waals surface area contributed by atoms with Crippen molar-refractivity contribution in [3.63, 3.8) is 0 Å². The molecule has 204 valence electrons. The maximum absolute atomic E-state index is 14.2. The number of anilines is 1. The van der Waals surface area contributed by atoms with Gasteiger partial charge in [0.1, 0.15) is 5.82 Å². The Balaban J connectivity index is 1.23. The van der Waals surface area contributed by atoms with Crippen molar-refractivity contribution in [2.24, 2.45) is 23.2 Å². The normalized spacial score (nSPS) is 25.0. The van der Waals surface area contributed by atoms with Gasteiger partial charge in [0.05, 0.1) is 23.3 Å². The van der Waals surface area contributed by atoms with Crippen molar-refractivity contribution in [3.8, 4) is 16.9 Å². The smallest absolute Gasteiger partial charge is 0.245 e. The fourth-order valence-corrected chi connectivity index (χ4v) is 7.85. The van der Waals surface area contributed by atoms with Gasteiger partial charge in [-0.2, -0.15) is 5.10 Å². The van der Waals surface area contributed by atoms with Crippen LogP contribution in [0.5, 0.6) is 0 Å². The number of nitrogens with one attached hydrogen (secondary N) is 1. The molecule has 0 aliphatic heterocycles. The average molecular weight is 525 g/mol. The van der Waals surface area contributed by atoms with Crippen LogP contribution in [-0.4, -0.2) is 39.6 Å². The van der Waals surface area contributed by atoms with E-state index in [4.69, 9.17) is 5.10 Å². The topological polar surface area (TPSA) is 67.2 Å². The van der Waals surface area contributed by atoms with Crippen LogP contribution in [0.1, 0.15) is 64.7 Å². The van der Waals surface area contributed by atoms with Crippen LogP contribution in [-0.2, 0) is 9.59 Å². The highest BCUT2D eigenvalue weighted by atomic mass is 16.2. The second-order valence-electron chi connectivity index (χ2n) is 12.2. The van der Waals surface area contributed by atoms with Gasteiger partial charge in [0.2, 0.25) is 11.8 Å². The zero-order valence-electron chi connectivity index (χ0n) is 23.0. The summed E-state index contributed by atoms with van der Waals surface area (Å²) in [5, 5.41) is 7.94. The molecule has 0 radical (unpaired) electrons. The van der Waals surface area contributed by atoms with E-state index in [0.717, 1.165) is 55.5 Å². The minimum atomic E-state index is -0.243. The molecule has 3 aromatic rings. The maximum Gasteiger partial charge on any atom is 0.245 e. The minimum Gasteiger partial charge on any atom is -0.333 e. The molecule has 4 aliphatic rings. The number of nitrogens with zero attached hydrogens (tertiary/aromatic N) is 3. The number of carbonyl (C=O) groups excluding carboxylic acids is 2. The van der Waals surface area contributed by atoms with Gasteiger partial charge in [-0.05, 0) is 74.8 Å². The molecule has 1 heterocycles. The molecule has 1 N–H and O–H groups in total. The largest absolute Gasteiger partial charge is 0.333 e. The first-order valence-electron chi connectivity index (χ1n) is 14.8. The third kappa shape index (κ3) is 5.39. The third-order valence-electron chi connectivity index (χ3n) is 9.19. The van der Waals surface area contributed by atoms with E-state index in [0.29, 0.717) is 30.1 Å². The molecule has 2 amide bonds. The summed E-state index contributed by atoms with van der Waals surface area (Å²) in [5.41, 5.74) is 2.41. The molecule has 0 spiro atoms. The molecule has 4 aliphatic carbocycles. The number of amides is 2. The lowest BCUT2D eigenvalue weighted by atomic mass is 9.49. The number of unbranched alkanes of at least 4 members (excludes halogenated alkanes) is 2. The molecule has 4 bridgehead atoms. The Hall–Kier alpha value is -3.41. The number of hydrogen-bond acceptors (Lipinski definition) is 3. The van der Waals surface area contributed by atoms with Gasteiger partial charge in [-0.25, -0.2) is 4.68 Å². The molecule has 4 fully saturated rings. The van der Waals surface area contributed by atoms with Crippen molar-refractivity contribution in [2.75, 3.05) is 18.4 Å². The van der Waals surface area contributed by atoms with Crippen molar-refractivity contribution in [1.82, 2.24) is 14.7 Å². The first-order chi connectivity index (χ1) is 19.0. The highest BCUT2D eigenvalue weighted by Crippen LogP contribution is 2.60. The van der Waals surface area contributed by atoms with Gasteiger partial charge in [0.25, 0.3) is 0 Å². The molecular formula is C33H40N4O2. The summed E-state index contributed by atoms with van der Waals surface area (Å²) < 4.78 is 1.78. The molecule has 1 aromatic heterocycles. The average Bonchev–Trinajstić information content (AvgIpc) is 3.36. The molecule has 0 saturated heterocycles. The van der Waals surface area contributed by atoms with E-state index in [1.807, 2.05) is 71.6 Å². The van der Waals surface area contributed by atoms with Crippen LogP contribution in [0.15, 0.2) is 66.7 Å². The number of benzene rings is 2. The van der Waals surface area contributed by atoms with Gasteiger partial charge in [-0.3, -0.25) is 9.59 Å². The molecule has 6 heteroatoms. The van der Waals surface area contributed by atoms with E-state index >= 15 is 0 Å². The van der Waals surface area contributed by atoms with E-state index in [1.165, 1.54) is 19.3 Å². The van der Waals surface area contributed by atoms with Crippen LogP contribution in [0, 0.1) is 23.2 Å². The number of hydrogen-bond donors (Lipinski definition) is 1.